The van der Waals surface area contributed by atoms with Crippen LogP contribution in [0.4, 0.5) is 5.69 Å². The Labute approximate surface area is 135 Å². The molecule has 23 heavy (non-hydrogen) atoms. The predicted molar refractivity (Wildman–Crippen MR) is 89.4 cm³/mol. The summed E-state index contributed by atoms with van der Waals surface area (Å²) in [5.41, 5.74) is 0.782. The molecule has 0 unspecified atom stereocenters. The Morgan fingerprint density at radius 2 is 1.43 bits per heavy atom. The molecule has 0 saturated carbocycles. The molecule has 0 radical (unpaired) electrons. The van der Waals surface area contributed by atoms with Crippen molar-refractivity contribution in [3.8, 4) is 0 Å². The summed E-state index contributed by atoms with van der Waals surface area (Å²) in [6.07, 6.45) is 0. The van der Waals surface area contributed by atoms with E-state index in [0.717, 1.165) is 16.5 Å². The number of hydrogen-bond donors (Lipinski definition) is 0. The van der Waals surface area contributed by atoms with Crippen LogP contribution in [0.25, 0.3) is 10.8 Å². The fraction of sp³-hybridized carbons (Fsp3) is 0.333. The van der Waals surface area contributed by atoms with Crippen LogP contribution in [0.5, 0.6) is 0 Å². The minimum Gasteiger partial charge on any atom is -0.465 e. The van der Waals surface area contributed by atoms with Gasteiger partial charge >= 0.3 is 11.9 Å². The zero-order valence-electron chi connectivity index (χ0n) is 13.5. The molecule has 0 aliphatic carbocycles. The van der Waals surface area contributed by atoms with Gasteiger partial charge < -0.3 is 14.4 Å². The maximum absolute atomic E-state index is 11.8. The van der Waals surface area contributed by atoms with E-state index >= 15 is 0 Å². The number of benzene rings is 2. The van der Waals surface area contributed by atoms with Crippen molar-refractivity contribution in [2.75, 3.05) is 31.2 Å². The Balaban J connectivity index is 2.25. The van der Waals surface area contributed by atoms with Crippen LogP contribution in [-0.2, 0) is 19.1 Å². The van der Waals surface area contributed by atoms with Crippen molar-refractivity contribution in [1.29, 1.82) is 0 Å². The minimum absolute atomic E-state index is 0.00495. The highest BCUT2D eigenvalue weighted by Crippen LogP contribution is 2.22. The molecule has 2 rings (SSSR count). The van der Waals surface area contributed by atoms with Gasteiger partial charge in [0.2, 0.25) is 0 Å². The van der Waals surface area contributed by atoms with Crippen molar-refractivity contribution in [3.63, 3.8) is 0 Å². The largest absolute Gasteiger partial charge is 0.465 e. The summed E-state index contributed by atoms with van der Waals surface area (Å²) in [7, 11) is 0. The number of esters is 2. The summed E-state index contributed by atoms with van der Waals surface area (Å²) in [5.74, 6) is -0.741. The van der Waals surface area contributed by atoms with Crippen molar-refractivity contribution < 1.29 is 19.1 Å². The van der Waals surface area contributed by atoms with Crippen molar-refractivity contribution in [3.05, 3.63) is 42.5 Å². The van der Waals surface area contributed by atoms with E-state index in [1.807, 2.05) is 42.5 Å². The molecule has 0 amide bonds. The lowest BCUT2D eigenvalue weighted by Gasteiger charge is -2.23. The maximum Gasteiger partial charge on any atom is 0.325 e. The average Bonchev–Trinajstić information content (AvgIpc) is 2.54. The van der Waals surface area contributed by atoms with Gasteiger partial charge in [-0.3, -0.25) is 9.59 Å². The molecule has 0 spiro atoms. The number of anilines is 1. The van der Waals surface area contributed by atoms with Crippen LogP contribution in [-0.4, -0.2) is 38.2 Å². The van der Waals surface area contributed by atoms with Gasteiger partial charge in [0.15, 0.2) is 0 Å². The van der Waals surface area contributed by atoms with Crippen LogP contribution in [0.15, 0.2) is 42.5 Å². The molecular weight excluding hydrogens is 294 g/mol. The van der Waals surface area contributed by atoms with Crippen molar-refractivity contribution >= 4 is 28.4 Å². The monoisotopic (exact) mass is 315 g/mol. The summed E-state index contributed by atoms with van der Waals surface area (Å²) >= 11 is 0. The third-order valence-corrected chi connectivity index (χ3v) is 3.35. The van der Waals surface area contributed by atoms with Crippen molar-refractivity contribution in [1.82, 2.24) is 0 Å². The fourth-order valence-electron chi connectivity index (χ4n) is 2.34. The summed E-state index contributed by atoms with van der Waals surface area (Å²) in [6.45, 7) is 4.14. The molecule has 0 aliphatic heterocycles. The Hall–Kier alpha value is -2.56. The second kappa shape index (κ2) is 8.17. The Morgan fingerprint density at radius 1 is 0.870 bits per heavy atom. The number of fused-ring (bicyclic) bond motifs is 1. The van der Waals surface area contributed by atoms with Gasteiger partial charge in [0.05, 0.1) is 13.2 Å². The first-order chi connectivity index (χ1) is 11.1. The van der Waals surface area contributed by atoms with Crippen molar-refractivity contribution in [2.24, 2.45) is 0 Å². The number of carbonyl (C=O) groups is 2. The van der Waals surface area contributed by atoms with E-state index in [-0.39, 0.29) is 25.0 Å². The molecule has 0 fully saturated rings. The average molecular weight is 315 g/mol. The first kappa shape index (κ1) is 16.8. The number of hydrogen-bond acceptors (Lipinski definition) is 5. The topological polar surface area (TPSA) is 55.8 Å². The molecule has 5 heteroatoms. The lowest BCUT2D eigenvalue weighted by Crippen LogP contribution is -2.36. The van der Waals surface area contributed by atoms with Gasteiger partial charge in [-0.15, -0.1) is 0 Å². The van der Waals surface area contributed by atoms with Gasteiger partial charge in [0.25, 0.3) is 0 Å². The summed E-state index contributed by atoms with van der Waals surface area (Å²) in [4.78, 5) is 25.3. The molecule has 0 bridgehead atoms. The lowest BCUT2D eigenvalue weighted by atomic mass is 10.1. The van der Waals surface area contributed by atoms with E-state index in [2.05, 4.69) is 0 Å². The van der Waals surface area contributed by atoms with Gasteiger partial charge in [-0.2, -0.15) is 0 Å². The van der Waals surface area contributed by atoms with Gasteiger partial charge in [-0.1, -0.05) is 30.3 Å². The molecule has 0 N–H and O–H groups in total. The van der Waals surface area contributed by atoms with Gasteiger partial charge in [-0.05, 0) is 36.8 Å². The predicted octanol–water partition coefficient (Wildman–Crippen LogP) is 2.77. The summed E-state index contributed by atoms with van der Waals surface area (Å²) in [5, 5.41) is 2.14. The molecule has 0 atom stereocenters. The SMILES string of the molecule is CCOC(=O)CN(CC(=O)OCC)c1ccc2ccccc2c1. The molecule has 2 aromatic rings. The van der Waals surface area contributed by atoms with Crippen molar-refractivity contribution in [2.45, 2.75) is 13.8 Å². The van der Waals surface area contributed by atoms with Gasteiger partial charge in [0, 0.05) is 5.69 Å². The highest BCUT2D eigenvalue weighted by atomic mass is 16.5. The Morgan fingerprint density at radius 3 is 2.00 bits per heavy atom. The lowest BCUT2D eigenvalue weighted by molar-refractivity contribution is -0.142. The molecule has 0 aromatic heterocycles. The normalized spacial score (nSPS) is 10.3. The minimum atomic E-state index is -0.370. The first-order valence-corrected chi connectivity index (χ1v) is 7.69. The third-order valence-electron chi connectivity index (χ3n) is 3.35. The van der Waals surface area contributed by atoms with Crippen LogP contribution in [0.1, 0.15) is 13.8 Å². The van der Waals surface area contributed by atoms with E-state index in [1.165, 1.54) is 0 Å². The molecule has 122 valence electrons. The van der Waals surface area contributed by atoms with Crippen LogP contribution >= 0.6 is 0 Å². The molecular formula is C18H21NO4. The highest BCUT2D eigenvalue weighted by molar-refractivity contribution is 5.88. The Kier molecular flexibility index (Phi) is 5.97. The molecule has 0 heterocycles. The van der Waals surface area contributed by atoms with E-state index in [0.29, 0.717) is 13.2 Å². The van der Waals surface area contributed by atoms with E-state index in [4.69, 9.17) is 9.47 Å². The fourth-order valence-corrected chi connectivity index (χ4v) is 2.34. The molecule has 5 nitrogen and oxygen atoms in total. The van der Waals surface area contributed by atoms with Crippen LogP contribution < -0.4 is 4.90 Å². The zero-order valence-corrected chi connectivity index (χ0v) is 13.5. The molecule has 0 aliphatic rings. The maximum atomic E-state index is 11.8. The van der Waals surface area contributed by atoms with Crippen LogP contribution in [0, 0.1) is 0 Å². The molecule has 2 aromatic carbocycles. The van der Waals surface area contributed by atoms with E-state index in [1.54, 1.807) is 18.7 Å². The Bertz CT molecular complexity index is 664. The summed E-state index contributed by atoms with van der Waals surface area (Å²) < 4.78 is 9.98. The van der Waals surface area contributed by atoms with E-state index in [9.17, 15) is 9.59 Å². The number of rotatable bonds is 7. The number of nitrogens with zero attached hydrogens (tertiary/aromatic N) is 1. The van der Waals surface area contributed by atoms with Crippen LogP contribution in [0.3, 0.4) is 0 Å². The first-order valence-electron chi connectivity index (χ1n) is 7.69. The number of carbonyl (C=O) groups excluding carboxylic acids is 2. The second-order valence-corrected chi connectivity index (χ2v) is 5.00. The van der Waals surface area contributed by atoms with Gasteiger partial charge in [-0.25, -0.2) is 0 Å². The third kappa shape index (κ3) is 4.71. The smallest absolute Gasteiger partial charge is 0.325 e. The summed E-state index contributed by atoms with van der Waals surface area (Å²) in [6, 6.07) is 13.7. The second-order valence-electron chi connectivity index (χ2n) is 5.00. The number of ether oxygens (including phenoxy) is 2. The van der Waals surface area contributed by atoms with Crippen LogP contribution in [0.2, 0.25) is 0 Å². The zero-order chi connectivity index (χ0) is 16.7. The van der Waals surface area contributed by atoms with E-state index < -0.39 is 0 Å². The highest BCUT2D eigenvalue weighted by Gasteiger charge is 2.17. The standard InChI is InChI=1S/C18H21NO4/c1-3-22-17(20)12-19(13-18(21)23-4-2)16-10-9-14-7-5-6-8-15(14)11-16/h5-11H,3-4,12-13H2,1-2H3. The quantitative estimate of drug-likeness (QED) is 0.735. The molecule has 0 saturated heterocycles. The van der Waals surface area contributed by atoms with Gasteiger partial charge in [0.1, 0.15) is 13.1 Å².